The van der Waals surface area contributed by atoms with Gasteiger partial charge in [0.05, 0.1) is 10.7 Å². The third kappa shape index (κ3) is 4.29. The lowest BCUT2D eigenvalue weighted by Crippen LogP contribution is -2.35. The molecule has 1 fully saturated rings. The van der Waals surface area contributed by atoms with Crippen molar-refractivity contribution in [1.29, 1.82) is 0 Å². The van der Waals surface area contributed by atoms with Gasteiger partial charge in [0.25, 0.3) is 0 Å². The van der Waals surface area contributed by atoms with Crippen LogP contribution < -0.4 is 5.32 Å². The number of nitrogens with zero attached hydrogens (tertiary/aromatic N) is 1. The molecule has 0 atom stereocenters. The highest BCUT2D eigenvalue weighted by atomic mass is 32.1. The lowest BCUT2D eigenvalue weighted by molar-refractivity contribution is 0.425. The molecule has 1 aromatic heterocycles. The minimum absolute atomic E-state index is 0.170. The summed E-state index contributed by atoms with van der Waals surface area (Å²) < 4.78 is 0. The average Bonchev–Trinajstić information content (AvgIpc) is 2.81. The van der Waals surface area contributed by atoms with Gasteiger partial charge in [-0.3, -0.25) is 0 Å². The van der Waals surface area contributed by atoms with Crippen LogP contribution in [0, 0.1) is 0 Å². The first-order valence-corrected chi connectivity index (χ1v) is 8.93. The van der Waals surface area contributed by atoms with Crippen molar-refractivity contribution in [2.24, 2.45) is 0 Å². The fourth-order valence-corrected chi connectivity index (χ4v) is 4.16. The Hall–Kier alpha value is -0.410. The molecule has 1 N–H and O–H groups in total. The third-order valence-electron chi connectivity index (χ3n) is 4.02. The first kappa shape index (κ1) is 16.0. The summed E-state index contributed by atoms with van der Waals surface area (Å²) in [5.74, 6) is 1.26. The Morgan fingerprint density at radius 2 is 1.85 bits per heavy atom. The predicted octanol–water partition coefficient (Wildman–Crippen LogP) is 5.20. The Morgan fingerprint density at radius 3 is 2.40 bits per heavy atom. The Balaban J connectivity index is 2.14. The fourth-order valence-electron chi connectivity index (χ4n) is 2.83. The van der Waals surface area contributed by atoms with Crippen molar-refractivity contribution < 1.29 is 0 Å². The smallest absolute Gasteiger partial charge is 0.0962 e. The summed E-state index contributed by atoms with van der Waals surface area (Å²) in [6.45, 7) is 12.2. The number of rotatable bonds is 4. The molecule has 0 radical (unpaired) electrons. The summed E-state index contributed by atoms with van der Waals surface area (Å²) in [5, 5.41) is 5.02. The lowest BCUT2D eigenvalue weighted by Gasteiger charge is -2.20. The van der Waals surface area contributed by atoms with Crippen LogP contribution in [0.5, 0.6) is 0 Å². The minimum Gasteiger partial charge on any atom is -0.307 e. The molecule has 2 nitrogen and oxygen atoms in total. The second-order valence-corrected chi connectivity index (χ2v) is 8.57. The van der Waals surface area contributed by atoms with E-state index >= 15 is 0 Å². The largest absolute Gasteiger partial charge is 0.307 e. The van der Waals surface area contributed by atoms with E-state index in [9.17, 15) is 0 Å². The highest BCUT2D eigenvalue weighted by Crippen LogP contribution is 2.37. The maximum Gasteiger partial charge on any atom is 0.0962 e. The topological polar surface area (TPSA) is 24.9 Å². The zero-order valence-electron chi connectivity index (χ0n) is 13.8. The molecule has 0 bridgehead atoms. The van der Waals surface area contributed by atoms with Gasteiger partial charge in [-0.2, -0.15) is 0 Å². The molecule has 0 unspecified atom stereocenters. The van der Waals surface area contributed by atoms with Gasteiger partial charge in [-0.15, -0.1) is 11.3 Å². The van der Waals surface area contributed by atoms with Crippen molar-refractivity contribution in [3.05, 3.63) is 15.6 Å². The maximum atomic E-state index is 5.01. The van der Waals surface area contributed by atoms with Crippen molar-refractivity contribution in [1.82, 2.24) is 10.3 Å². The molecular weight excluding hydrogens is 264 g/mol. The van der Waals surface area contributed by atoms with Gasteiger partial charge in [-0.05, 0) is 39.5 Å². The van der Waals surface area contributed by atoms with Crippen LogP contribution in [0.15, 0.2) is 0 Å². The van der Waals surface area contributed by atoms with Crippen LogP contribution in [0.4, 0.5) is 0 Å². The zero-order chi connectivity index (χ0) is 14.8. The quantitative estimate of drug-likeness (QED) is 0.825. The summed E-state index contributed by atoms with van der Waals surface area (Å²) in [6, 6.07) is 0. The molecule has 0 amide bonds. The van der Waals surface area contributed by atoms with E-state index in [1.165, 1.54) is 47.7 Å². The summed E-state index contributed by atoms with van der Waals surface area (Å²) in [6.07, 6.45) is 6.87. The molecule has 1 heterocycles. The fraction of sp³-hybridized carbons (Fsp3) is 0.824. The summed E-state index contributed by atoms with van der Waals surface area (Å²) in [5.41, 5.74) is 1.50. The molecule has 1 saturated carbocycles. The molecule has 1 aliphatic rings. The van der Waals surface area contributed by atoms with E-state index in [4.69, 9.17) is 4.98 Å². The molecule has 3 heteroatoms. The van der Waals surface area contributed by atoms with Crippen molar-refractivity contribution in [2.75, 3.05) is 0 Å². The first-order valence-electron chi connectivity index (χ1n) is 8.11. The molecule has 2 rings (SSSR count). The van der Waals surface area contributed by atoms with Crippen LogP contribution in [-0.2, 0) is 6.54 Å². The molecule has 0 aromatic carbocycles. The van der Waals surface area contributed by atoms with E-state index < -0.39 is 0 Å². The third-order valence-corrected chi connectivity index (χ3v) is 5.26. The van der Waals surface area contributed by atoms with E-state index in [-0.39, 0.29) is 5.54 Å². The van der Waals surface area contributed by atoms with Crippen molar-refractivity contribution in [3.8, 4) is 0 Å². The first-order chi connectivity index (χ1) is 9.37. The average molecular weight is 295 g/mol. The second kappa shape index (κ2) is 6.57. The van der Waals surface area contributed by atoms with Crippen LogP contribution in [0.1, 0.15) is 94.1 Å². The highest BCUT2D eigenvalue weighted by molar-refractivity contribution is 7.11. The van der Waals surface area contributed by atoms with E-state index in [0.717, 1.165) is 12.5 Å². The standard InChI is InChI=1S/C17H30N2S/c1-12(2)15-14(11-18-17(3,4)5)20-16(19-15)13-9-7-6-8-10-13/h12-13,18H,6-11H2,1-5H3. The van der Waals surface area contributed by atoms with Gasteiger partial charge < -0.3 is 5.32 Å². The lowest BCUT2D eigenvalue weighted by atomic mass is 9.90. The Labute approximate surface area is 128 Å². The second-order valence-electron chi connectivity index (χ2n) is 7.45. The van der Waals surface area contributed by atoms with Crippen LogP contribution in [-0.4, -0.2) is 10.5 Å². The summed E-state index contributed by atoms with van der Waals surface area (Å²) in [7, 11) is 0. The van der Waals surface area contributed by atoms with Gasteiger partial charge in [0.15, 0.2) is 0 Å². The highest BCUT2D eigenvalue weighted by Gasteiger charge is 2.23. The van der Waals surface area contributed by atoms with Gasteiger partial charge in [0, 0.05) is 22.9 Å². The number of hydrogen-bond donors (Lipinski definition) is 1. The minimum atomic E-state index is 0.170. The Kier molecular flexibility index (Phi) is 5.25. The maximum absolute atomic E-state index is 5.01. The van der Waals surface area contributed by atoms with Crippen molar-refractivity contribution >= 4 is 11.3 Å². The van der Waals surface area contributed by atoms with Gasteiger partial charge in [0.2, 0.25) is 0 Å². The van der Waals surface area contributed by atoms with Crippen LogP contribution in [0.25, 0.3) is 0 Å². The molecule has 1 aromatic rings. The van der Waals surface area contributed by atoms with Gasteiger partial charge in [0.1, 0.15) is 0 Å². The number of aromatic nitrogens is 1. The Bertz CT molecular complexity index is 423. The van der Waals surface area contributed by atoms with E-state index in [0.29, 0.717) is 5.92 Å². The summed E-state index contributed by atoms with van der Waals surface area (Å²) >= 11 is 1.96. The molecular formula is C17H30N2S. The summed E-state index contributed by atoms with van der Waals surface area (Å²) in [4.78, 5) is 6.47. The monoisotopic (exact) mass is 294 g/mol. The molecule has 0 aliphatic heterocycles. The van der Waals surface area contributed by atoms with E-state index in [1.54, 1.807) is 0 Å². The van der Waals surface area contributed by atoms with Crippen LogP contribution in [0.2, 0.25) is 0 Å². The van der Waals surface area contributed by atoms with Crippen molar-refractivity contribution in [3.63, 3.8) is 0 Å². The number of thiazole rings is 1. The molecule has 114 valence electrons. The number of hydrogen-bond acceptors (Lipinski definition) is 3. The van der Waals surface area contributed by atoms with E-state index in [1.807, 2.05) is 11.3 Å². The van der Waals surface area contributed by atoms with Crippen molar-refractivity contribution in [2.45, 2.75) is 90.6 Å². The van der Waals surface area contributed by atoms with Crippen LogP contribution >= 0.6 is 11.3 Å². The van der Waals surface area contributed by atoms with Gasteiger partial charge >= 0.3 is 0 Å². The molecule has 1 aliphatic carbocycles. The number of nitrogens with one attached hydrogen (secondary N) is 1. The normalized spacial score (nSPS) is 17.9. The zero-order valence-corrected chi connectivity index (χ0v) is 14.6. The molecule has 0 spiro atoms. The SMILES string of the molecule is CC(C)c1nc(C2CCCCC2)sc1CNC(C)(C)C. The predicted molar refractivity (Wildman–Crippen MR) is 88.6 cm³/mol. The Morgan fingerprint density at radius 1 is 1.20 bits per heavy atom. The van der Waals surface area contributed by atoms with Crippen LogP contribution in [0.3, 0.4) is 0 Å². The van der Waals surface area contributed by atoms with E-state index in [2.05, 4.69) is 39.9 Å². The van der Waals surface area contributed by atoms with Gasteiger partial charge in [-0.1, -0.05) is 33.1 Å². The molecule has 20 heavy (non-hydrogen) atoms. The van der Waals surface area contributed by atoms with Gasteiger partial charge in [-0.25, -0.2) is 4.98 Å². The molecule has 0 saturated heterocycles.